The molecule has 0 aliphatic rings. The Morgan fingerprint density at radius 1 is 1.47 bits per heavy atom. The van der Waals surface area contributed by atoms with Crippen molar-refractivity contribution in [3.8, 4) is 0 Å². The fourth-order valence-electron chi connectivity index (χ4n) is 1.64. The lowest BCUT2D eigenvalue weighted by Gasteiger charge is -2.12. The molecule has 2 aromatic heterocycles. The van der Waals surface area contributed by atoms with Crippen LogP contribution >= 0.6 is 11.6 Å². The predicted molar refractivity (Wildman–Crippen MR) is 71.4 cm³/mol. The molecular weight excluding hydrogens is 288 g/mol. The van der Waals surface area contributed by atoms with Crippen LogP contribution in [0.3, 0.4) is 0 Å². The van der Waals surface area contributed by atoms with Gasteiger partial charge in [-0.25, -0.2) is 13.1 Å². The molecular formula is C12H13ClN2O3S. The molecule has 0 aromatic carbocycles. The second kappa shape index (κ2) is 5.73. The summed E-state index contributed by atoms with van der Waals surface area (Å²) in [6, 6.07) is 4.62. The Morgan fingerprint density at radius 3 is 2.89 bits per heavy atom. The van der Waals surface area contributed by atoms with E-state index < -0.39 is 10.0 Å². The number of furan rings is 1. The lowest BCUT2D eigenvalue weighted by molar-refractivity contribution is 0.479. The monoisotopic (exact) mass is 300 g/mol. The van der Waals surface area contributed by atoms with Crippen molar-refractivity contribution in [2.45, 2.75) is 24.3 Å². The van der Waals surface area contributed by atoms with Crippen molar-refractivity contribution in [2.24, 2.45) is 0 Å². The summed E-state index contributed by atoms with van der Waals surface area (Å²) in [4.78, 5) is 3.81. The zero-order valence-electron chi connectivity index (χ0n) is 10.2. The summed E-state index contributed by atoms with van der Waals surface area (Å²) in [6.45, 7) is 1.76. The molecule has 0 aliphatic carbocycles. The van der Waals surface area contributed by atoms with Gasteiger partial charge in [-0.3, -0.25) is 4.98 Å². The number of aromatic nitrogens is 1. The molecule has 0 radical (unpaired) electrons. The third kappa shape index (κ3) is 3.79. The smallest absolute Gasteiger partial charge is 0.242 e. The normalized spacial score (nSPS) is 13.4. The first-order chi connectivity index (χ1) is 8.97. The molecule has 102 valence electrons. The van der Waals surface area contributed by atoms with Gasteiger partial charge in [-0.15, -0.1) is 0 Å². The summed E-state index contributed by atoms with van der Waals surface area (Å²) < 4.78 is 31.9. The number of sulfonamides is 1. The molecule has 0 saturated heterocycles. The summed E-state index contributed by atoms with van der Waals surface area (Å²) in [7, 11) is -3.62. The Morgan fingerprint density at radius 2 is 2.26 bits per heavy atom. The Labute approximate surface area is 116 Å². The highest BCUT2D eigenvalue weighted by molar-refractivity contribution is 7.89. The van der Waals surface area contributed by atoms with Gasteiger partial charge in [0.15, 0.2) is 0 Å². The SMILES string of the molecule is C[C@H](Cc1ccco1)NS(=O)(=O)c1cncc(Cl)c1. The van der Waals surface area contributed by atoms with Crippen molar-refractivity contribution in [3.63, 3.8) is 0 Å². The van der Waals surface area contributed by atoms with Crippen LogP contribution in [0.25, 0.3) is 0 Å². The number of rotatable bonds is 5. The predicted octanol–water partition coefficient (Wildman–Crippen LogP) is 2.24. The molecule has 0 unspecified atom stereocenters. The number of hydrogen-bond donors (Lipinski definition) is 1. The summed E-state index contributed by atoms with van der Waals surface area (Å²) in [6.07, 6.45) is 4.67. The number of halogens is 1. The van der Waals surface area contributed by atoms with E-state index in [-0.39, 0.29) is 16.0 Å². The van der Waals surface area contributed by atoms with Gasteiger partial charge in [0.25, 0.3) is 0 Å². The molecule has 19 heavy (non-hydrogen) atoms. The lowest BCUT2D eigenvalue weighted by atomic mass is 10.2. The fourth-order valence-corrected chi connectivity index (χ4v) is 3.11. The zero-order valence-corrected chi connectivity index (χ0v) is 11.8. The van der Waals surface area contributed by atoms with Gasteiger partial charge in [0.2, 0.25) is 10.0 Å². The zero-order chi connectivity index (χ0) is 13.9. The summed E-state index contributed by atoms with van der Waals surface area (Å²) in [5.41, 5.74) is 0. The largest absolute Gasteiger partial charge is 0.469 e. The molecule has 1 atom stereocenters. The van der Waals surface area contributed by atoms with Crippen molar-refractivity contribution in [3.05, 3.63) is 47.6 Å². The maximum absolute atomic E-state index is 12.1. The third-order valence-electron chi connectivity index (χ3n) is 2.43. The summed E-state index contributed by atoms with van der Waals surface area (Å²) in [5.74, 6) is 0.722. The highest BCUT2D eigenvalue weighted by atomic mass is 35.5. The van der Waals surface area contributed by atoms with E-state index in [0.29, 0.717) is 6.42 Å². The number of nitrogens with zero attached hydrogens (tertiary/aromatic N) is 1. The van der Waals surface area contributed by atoms with Crippen LogP contribution in [0.1, 0.15) is 12.7 Å². The van der Waals surface area contributed by atoms with Crippen molar-refractivity contribution >= 4 is 21.6 Å². The average molecular weight is 301 g/mol. The number of nitrogens with one attached hydrogen (secondary N) is 1. The Kier molecular flexibility index (Phi) is 4.24. The van der Waals surface area contributed by atoms with E-state index in [0.717, 1.165) is 5.76 Å². The molecule has 2 aromatic rings. The molecule has 2 heterocycles. The highest BCUT2D eigenvalue weighted by Gasteiger charge is 2.18. The second-order valence-electron chi connectivity index (χ2n) is 4.14. The number of pyridine rings is 1. The minimum atomic E-state index is -3.62. The fraction of sp³-hybridized carbons (Fsp3) is 0.250. The van der Waals surface area contributed by atoms with Crippen LogP contribution in [0.15, 0.2) is 46.2 Å². The van der Waals surface area contributed by atoms with Gasteiger partial charge < -0.3 is 4.42 Å². The minimum Gasteiger partial charge on any atom is -0.469 e. The van der Waals surface area contributed by atoms with Gasteiger partial charge in [0.05, 0.1) is 11.3 Å². The molecule has 7 heteroatoms. The molecule has 2 rings (SSSR count). The number of hydrogen-bond acceptors (Lipinski definition) is 4. The molecule has 0 amide bonds. The van der Waals surface area contributed by atoms with Gasteiger partial charge in [-0.1, -0.05) is 11.6 Å². The second-order valence-corrected chi connectivity index (χ2v) is 6.30. The van der Waals surface area contributed by atoms with Gasteiger partial charge in [0, 0.05) is 24.9 Å². The molecule has 0 aliphatic heterocycles. The van der Waals surface area contributed by atoms with E-state index in [4.69, 9.17) is 16.0 Å². The van der Waals surface area contributed by atoms with Crippen molar-refractivity contribution < 1.29 is 12.8 Å². The molecule has 0 spiro atoms. The van der Waals surface area contributed by atoms with E-state index in [2.05, 4.69) is 9.71 Å². The first-order valence-corrected chi connectivity index (χ1v) is 7.49. The molecule has 0 saturated carbocycles. The van der Waals surface area contributed by atoms with Crippen LogP contribution in [-0.2, 0) is 16.4 Å². The first kappa shape index (κ1) is 14.0. The van der Waals surface area contributed by atoms with Gasteiger partial charge in [-0.2, -0.15) is 0 Å². The Hall–Kier alpha value is -1.37. The Balaban J connectivity index is 2.09. The van der Waals surface area contributed by atoms with Crippen LogP contribution < -0.4 is 4.72 Å². The van der Waals surface area contributed by atoms with E-state index >= 15 is 0 Å². The van der Waals surface area contributed by atoms with E-state index in [1.54, 1.807) is 25.3 Å². The van der Waals surface area contributed by atoms with Gasteiger partial charge in [-0.05, 0) is 25.1 Å². The van der Waals surface area contributed by atoms with Crippen LogP contribution in [-0.4, -0.2) is 19.4 Å². The van der Waals surface area contributed by atoms with Gasteiger partial charge in [0.1, 0.15) is 10.7 Å². The quantitative estimate of drug-likeness (QED) is 0.919. The molecule has 0 bridgehead atoms. The lowest BCUT2D eigenvalue weighted by Crippen LogP contribution is -2.34. The van der Waals surface area contributed by atoms with E-state index in [1.807, 2.05) is 0 Å². The summed E-state index contributed by atoms with van der Waals surface area (Å²) >= 11 is 5.73. The molecule has 5 nitrogen and oxygen atoms in total. The van der Waals surface area contributed by atoms with Gasteiger partial charge >= 0.3 is 0 Å². The van der Waals surface area contributed by atoms with Crippen molar-refractivity contribution in [2.75, 3.05) is 0 Å². The Bertz CT molecular complexity index is 641. The van der Waals surface area contributed by atoms with Crippen LogP contribution in [0.2, 0.25) is 5.02 Å². The highest BCUT2D eigenvalue weighted by Crippen LogP contribution is 2.14. The van der Waals surface area contributed by atoms with Crippen molar-refractivity contribution in [1.82, 2.24) is 9.71 Å². The maximum Gasteiger partial charge on any atom is 0.242 e. The molecule has 0 fully saturated rings. The first-order valence-electron chi connectivity index (χ1n) is 5.62. The standard InChI is InChI=1S/C12H13ClN2O3S/c1-9(5-11-3-2-4-18-11)15-19(16,17)12-6-10(13)7-14-8-12/h2-4,6-9,15H,5H2,1H3/t9-/m1/s1. The van der Waals surface area contributed by atoms with Crippen LogP contribution in [0.5, 0.6) is 0 Å². The average Bonchev–Trinajstić information content (AvgIpc) is 2.81. The topological polar surface area (TPSA) is 72.2 Å². The molecule has 1 N–H and O–H groups in total. The van der Waals surface area contributed by atoms with E-state index in [1.165, 1.54) is 18.5 Å². The van der Waals surface area contributed by atoms with Crippen LogP contribution in [0.4, 0.5) is 0 Å². The van der Waals surface area contributed by atoms with Crippen molar-refractivity contribution in [1.29, 1.82) is 0 Å². The van der Waals surface area contributed by atoms with E-state index in [9.17, 15) is 8.42 Å². The summed E-state index contributed by atoms with van der Waals surface area (Å²) in [5, 5.41) is 0.279. The maximum atomic E-state index is 12.1. The third-order valence-corrected chi connectivity index (χ3v) is 4.20. The minimum absolute atomic E-state index is 0.0475. The van der Waals surface area contributed by atoms with Crippen LogP contribution in [0, 0.1) is 0 Å².